The quantitative estimate of drug-likeness (QED) is 0.612. The van der Waals surface area contributed by atoms with Crippen LogP contribution in [-0.4, -0.2) is 14.7 Å². The molecule has 0 aromatic carbocycles. The number of hydrogen-bond acceptors (Lipinski definition) is 5. The van der Waals surface area contributed by atoms with Crippen molar-refractivity contribution < 1.29 is 8.42 Å². The minimum absolute atomic E-state index is 0.0347. The van der Waals surface area contributed by atoms with Crippen LogP contribution in [0.15, 0.2) is 33.2 Å². The van der Waals surface area contributed by atoms with Gasteiger partial charge in [-0.05, 0) is 0 Å². The predicted octanol–water partition coefficient (Wildman–Crippen LogP) is 0.138. The minimum atomic E-state index is -3.35. The molecule has 1 rings (SSSR count). The van der Waals surface area contributed by atoms with Gasteiger partial charge in [0.25, 0.3) is 0 Å². The van der Waals surface area contributed by atoms with Crippen LogP contribution in [-0.2, 0) is 9.84 Å². The van der Waals surface area contributed by atoms with Crippen LogP contribution in [0.2, 0.25) is 0 Å². The molecule has 5 nitrogen and oxygen atoms in total. The first kappa shape index (κ1) is 7.93. The summed E-state index contributed by atoms with van der Waals surface area (Å²) in [6, 6.07) is 0. The molecule has 1 aliphatic heterocycles. The molecule has 2 N–H and O–H groups in total. The summed E-state index contributed by atoms with van der Waals surface area (Å²) in [4.78, 5) is 0. The van der Waals surface area contributed by atoms with Gasteiger partial charge < -0.3 is 5.73 Å². The van der Waals surface area contributed by atoms with Crippen LogP contribution < -0.4 is 5.73 Å². The molecule has 0 amide bonds. The predicted molar refractivity (Wildman–Crippen MR) is 40.1 cm³/mol. The normalized spacial score (nSPS) is 18.1. The Bertz CT molecular complexity index is 363. The topological polar surface area (TPSA) is 84.9 Å². The first-order valence-corrected chi connectivity index (χ1v) is 4.63. The van der Waals surface area contributed by atoms with E-state index >= 15 is 0 Å². The molecule has 0 aromatic heterocycles. The third-order valence-electron chi connectivity index (χ3n) is 1.15. The van der Waals surface area contributed by atoms with Crippen molar-refractivity contribution in [2.45, 2.75) is 0 Å². The zero-order valence-electron chi connectivity index (χ0n) is 5.90. The molecule has 6 heteroatoms. The lowest BCUT2D eigenvalue weighted by Crippen LogP contribution is -2.06. The highest BCUT2D eigenvalue weighted by molar-refractivity contribution is 7.94. The summed E-state index contributed by atoms with van der Waals surface area (Å²) in [5.41, 5.74) is 5.56. The van der Waals surface area contributed by atoms with Gasteiger partial charge in [0.15, 0.2) is 9.84 Å². The molecule has 0 atom stereocenters. The zero-order chi connectivity index (χ0) is 8.65. The van der Waals surface area contributed by atoms with Gasteiger partial charge in [0, 0.05) is 6.26 Å². The third kappa shape index (κ3) is 1.30. The number of sulfone groups is 1. The smallest absolute Gasteiger partial charge is 0.202 e. The third-order valence-corrected chi connectivity index (χ3v) is 2.16. The molecular formula is C5H7N3O2S. The van der Waals surface area contributed by atoms with Gasteiger partial charge in [-0.1, -0.05) is 6.58 Å². The van der Waals surface area contributed by atoms with Crippen LogP contribution in [0.1, 0.15) is 0 Å². The standard InChI is InChI=1S/C5H7N3O2S/c1-3-4(6)5(8-7-3)11(2,9)10/h1,6H2,2H3. The van der Waals surface area contributed by atoms with Crippen molar-refractivity contribution in [1.29, 1.82) is 0 Å². The lowest BCUT2D eigenvalue weighted by atomic mass is 10.4. The van der Waals surface area contributed by atoms with E-state index in [9.17, 15) is 8.42 Å². The highest BCUT2D eigenvalue weighted by Gasteiger charge is 2.21. The molecule has 0 radical (unpaired) electrons. The highest BCUT2D eigenvalue weighted by atomic mass is 32.2. The number of nitrogens with zero attached hydrogens (tertiary/aromatic N) is 2. The second-order valence-electron chi connectivity index (χ2n) is 2.14. The molecule has 1 heterocycles. The fraction of sp³-hybridized carbons (Fsp3) is 0.200. The van der Waals surface area contributed by atoms with Gasteiger partial charge in [-0.15, -0.1) is 10.2 Å². The van der Waals surface area contributed by atoms with Gasteiger partial charge in [-0.2, -0.15) is 0 Å². The van der Waals surface area contributed by atoms with Crippen LogP contribution in [0.25, 0.3) is 0 Å². The Morgan fingerprint density at radius 2 is 2.00 bits per heavy atom. The van der Waals surface area contributed by atoms with E-state index in [-0.39, 0.29) is 16.4 Å². The molecule has 60 valence electrons. The molecule has 0 saturated heterocycles. The fourth-order valence-corrected chi connectivity index (χ4v) is 1.32. The van der Waals surface area contributed by atoms with Gasteiger partial charge in [-0.25, -0.2) is 8.42 Å². The van der Waals surface area contributed by atoms with Crippen LogP contribution in [0, 0.1) is 0 Å². The van der Waals surface area contributed by atoms with Gasteiger partial charge in [0.2, 0.25) is 5.03 Å². The Balaban J connectivity index is 3.30. The van der Waals surface area contributed by atoms with Crippen LogP contribution in [0.4, 0.5) is 0 Å². The van der Waals surface area contributed by atoms with Crippen molar-refractivity contribution >= 4 is 9.84 Å². The summed E-state index contributed by atoms with van der Waals surface area (Å²) in [5, 5.41) is 6.59. The molecule has 11 heavy (non-hydrogen) atoms. The summed E-state index contributed by atoms with van der Waals surface area (Å²) in [6.07, 6.45) is 1.02. The SMILES string of the molecule is C=C1N=NC(S(C)(=O)=O)=C1N. The maximum atomic E-state index is 10.9. The lowest BCUT2D eigenvalue weighted by molar-refractivity contribution is 0.606. The molecular weight excluding hydrogens is 166 g/mol. The van der Waals surface area contributed by atoms with Crippen LogP contribution >= 0.6 is 0 Å². The van der Waals surface area contributed by atoms with E-state index in [4.69, 9.17) is 5.73 Å². The Morgan fingerprint density at radius 1 is 1.45 bits per heavy atom. The second kappa shape index (κ2) is 2.16. The largest absolute Gasteiger partial charge is 0.395 e. The summed E-state index contributed by atoms with van der Waals surface area (Å²) < 4.78 is 21.7. The highest BCUT2D eigenvalue weighted by Crippen LogP contribution is 2.22. The monoisotopic (exact) mass is 173 g/mol. The van der Waals surface area contributed by atoms with E-state index in [0.717, 1.165) is 6.26 Å². The van der Waals surface area contributed by atoms with Crippen molar-refractivity contribution in [3.05, 3.63) is 23.0 Å². The van der Waals surface area contributed by atoms with E-state index in [2.05, 4.69) is 16.8 Å². The molecule has 0 bridgehead atoms. The molecule has 0 unspecified atom stereocenters. The number of hydrogen-bond donors (Lipinski definition) is 1. The van der Waals surface area contributed by atoms with Gasteiger partial charge >= 0.3 is 0 Å². The average molecular weight is 173 g/mol. The summed E-state index contributed by atoms with van der Waals surface area (Å²) in [5.74, 6) is 0. The molecule has 0 fully saturated rings. The number of azo groups is 1. The van der Waals surface area contributed by atoms with E-state index in [1.54, 1.807) is 0 Å². The summed E-state index contributed by atoms with van der Waals surface area (Å²) >= 11 is 0. The van der Waals surface area contributed by atoms with Crippen LogP contribution in [0.5, 0.6) is 0 Å². The number of nitrogens with two attached hydrogens (primary N) is 1. The first-order chi connectivity index (χ1) is 4.93. The Hall–Kier alpha value is -1.17. The van der Waals surface area contributed by atoms with Gasteiger partial charge in [0.1, 0.15) is 5.70 Å². The van der Waals surface area contributed by atoms with E-state index in [1.807, 2.05) is 0 Å². The Labute approximate surface area is 64.2 Å². The van der Waals surface area contributed by atoms with Crippen molar-refractivity contribution in [2.24, 2.45) is 16.0 Å². The maximum Gasteiger partial charge on any atom is 0.202 e. The molecule has 0 aromatic rings. The van der Waals surface area contributed by atoms with Crippen molar-refractivity contribution in [3.63, 3.8) is 0 Å². The number of rotatable bonds is 1. The van der Waals surface area contributed by atoms with Crippen molar-refractivity contribution in [2.75, 3.05) is 6.26 Å². The van der Waals surface area contributed by atoms with E-state index in [0.29, 0.717) is 0 Å². The van der Waals surface area contributed by atoms with Crippen molar-refractivity contribution in [3.8, 4) is 0 Å². The summed E-state index contributed by atoms with van der Waals surface area (Å²) in [7, 11) is -3.35. The lowest BCUT2D eigenvalue weighted by Gasteiger charge is -1.93. The van der Waals surface area contributed by atoms with E-state index in [1.165, 1.54) is 0 Å². The first-order valence-electron chi connectivity index (χ1n) is 2.74. The molecule has 0 spiro atoms. The molecule has 1 aliphatic rings. The second-order valence-corrected chi connectivity index (χ2v) is 4.07. The van der Waals surface area contributed by atoms with Crippen molar-refractivity contribution in [1.82, 2.24) is 0 Å². The average Bonchev–Trinajstić information content (AvgIpc) is 2.11. The fourth-order valence-electron chi connectivity index (χ4n) is 0.611. The maximum absolute atomic E-state index is 10.9. The van der Waals surface area contributed by atoms with Gasteiger partial charge in [-0.3, -0.25) is 0 Å². The Morgan fingerprint density at radius 3 is 2.18 bits per heavy atom. The van der Waals surface area contributed by atoms with Crippen LogP contribution in [0.3, 0.4) is 0 Å². The molecule has 0 aliphatic carbocycles. The summed E-state index contributed by atoms with van der Waals surface area (Å²) in [6.45, 7) is 3.39. The van der Waals surface area contributed by atoms with E-state index < -0.39 is 9.84 Å². The Kier molecular flexibility index (Phi) is 1.56. The van der Waals surface area contributed by atoms with Gasteiger partial charge in [0.05, 0.1) is 5.70 Å². The minimum Gasteiger partial charge on any atom is -0.395 e. The zero-order valence-corrected chi connectivity index (χ0v) is 6.72. The molecule has 0 saturated carbocycles.